The Morgan fingerprint density at radius 3 is 2.24 bits per heavy atom. The molecule has 4 unspecified atom stereocenters. The number of hydrogen-bond acceptors (Lipinski definition) is 11. The molecular formula is C20H31N3O10. The number of carbonyl (C=O) groups excluding carboxylic acids is 3. The van der Waals surface area contributed by atoms with Crippen molar-refractivity contribution in [2.24, 2.45) is 17.0 Å². The van der Waals surface area contributed by atoms with E-state index in [1.54, 1.807) is 13.8 Å². The minimum absolute atomic E-state index is 0.103. The number of esters is 3. The molecule has 2 aliphatic heterocycles. The van der Waals surface area contributed by atoms with Gasteiger partial charge in [-0.1, -0.05) is 19.0 Å². The van der Waals surface area contributed by atoms with Gasteiger partial charge in [0.2, 0.25) is 0 Å². The summed E-state index contributed by atoms with van der Waals surface area (Å²) in [7, 11) is 0. The first kappa shape index (κ1) is 26.8. The van der Waals surface area contributed by atoms with E-state index < -0.39 is 66.7 Å². The van der Waals surface area contributed by atoms with Gasteiger partial charge in [0.25, 0.3) is 0 Å². The molecule has 0 aliphatic carbocycles. The van der Waals surface area contributed by atoms with Crippen LogP contribution in [-0.2, 0) is 42.8 Å². The molecule has 2 saturated heterocycles. The zero-order valence-corrected chi connectivity index (χ0v) is 19.3. The summed E-state index contributed by atoms with van der Waals surface area (Å²) in [6.45, 7) is 6.95. The number of azide groups is 1. The van der Waals surface area contributed by atoms with E-state index in [4.69, 9.17) is 34.0 Å². The molecule has 0 aromatic rings. The number of hydrogen-bond donors (Lipinski definition) is 1. The molecule has 9 atom stereocenters. The van der Waals surface area contributed by atoms with Gasteiger partial charge in [0.1, 0.15) is 18.8 Å². The summed E-state index contributed by atoms with van der Waals surface area (Å²) in [5.74, 6) is -2.64. The molecule has 2 fully saturated rings. The molecule has 0 saturated carbocycles. The molecule has 0 amide bonds. The molecule has 2 aliphatic rings. The standard InChI is InChI=1S/C20H31N3O10/c1-9-6-29-14(16(17(9)27)22-23-21)7-30-20-10(2)18(31-12(4)25)19(32-13(5)26)15(33-20)8-28-11(3)24/h9-10,14-20,27H,6-8H2,1-5H3/t9?,10?,14?,15?,16-,17+,18+,19+,20+/m0/s1. The van der Waals surface area contributed by atoms with E-state index in [0.717, 1.165) is 0 Å². The molecule has 2 heterocycles. The lowest BCUT2D eigenvalue weighted by molar-refractivity contribution is -0.295. The second kappa shape index (κ2) is 12.1. The van der Waals surface area contributed by atoms with Crippen LogP contribution in [0.5, 0.6) is 0 Å². The molecule has 13 nitrogen and oxygen atoms in total. The fraction of sp³-hybridized carbons (Fsp3) is 0.850. The van der Waals surface area contributed by atoms with Crippen LogP contribution in [0.3, 0.4) is 0 Å². The van der Waals surface area contributed by atoms with Crippen LogP contribution in [0.4, 0.5) is 0 Å². The van der Waals surface area contributed by atoms with Crippen LogP contribution < -0.4 is 0 Å². The van der Waals surface area contributed by atoms with Crippen LogP contribution >= 0.6 is 0 Å². The Morgan fingerprint density at radius 1 is 1.03 bits per heavy atom. The molecule has 0 aromatic heterocycles. The number of rotatable bonds is 8. The van der Waals surface area contributed by atoms with Gasteiger partial charge in [-0.05, 0) is 5.53 Å². The van der Waals surface area contributed by atoms with Gasteiger partial charge in [0.15, 0.2) is 12.4 Å². The summed E-state index contributed by atoms with van der Waals surface area (Å²) in [6, 6.07) is -0.868. The lowest BCUT2D eigenvalue weighted by Gasteiger charge is -2.44. The average molecular weight is 473 g/mol. The predicted molar refractivity (Wildman–Crippen MR) is 109 cm³/mol. The van der Waals surface area contributed by atoms with Gasteiger partial charge >= 0.3 is 17.9 Å². The normalized spacial score (nSPS) is 36.2. The first-order valence-corrected chi connectivity index (χ1v) is 10.6. The van der Waals surface area contributed by atoms with Crippen molar-refractivity contribution in [1.29, 1.82) is 0 Å². The van der Waals surface area contributed by atoms with Gasteiger partial charge in [0, 0.05) is 37.5 Å². The van der Waals surface area contributed by atoms with Crippen molar-refractivity contribution in [3.05, 3.63) is 10.4 Å². The molecule has 0 aromatic carbocycles. The second-order valence-electron chi connectivity index (χ2n) is 8.22. The number of aliphatic hydroxyl groups is 1. The highest BCUT2D eigenvalue weighted by Crippen LogP contribution is 2.32. The summed E-state index contributed by atoms with van der Waals surface area (Å²) in [5, 5.41) is 14.0. The van der Waals surface area contributed by atoms with Gasteiger partial charge in [-0.25, -0.2) is 0 Å². The Morgan fingerprint density at radius 2 is 1.67 bits per heavy atom. The monoisotopic (exact) mass is 473 g/mol. The van der Waals surface area contributed by atoms with Crippen molar-refractivity contribution < 1.29 is 47.9 Å². The Kier molecular flexibility index (Phi) is 9.87. The van der Waals surface area contributed by atoms with E-state index in [1.807, 2.05) is 0 Å². The highest BCUT2D eigenvalue weighted by Gasteiger charge is 2.49. The van der Waals surface area contributed by atoms with Crippen LogP contribution in [0.1, 0.15) is 34.6 Å². The SMILES string of the molecule is CC(=O)OCC1O[C@@H](OCC2OCC(C)[C@@H](O)[C@H]2N=[N+]=[N-])C(C)[C@@H](OC(C)=O)[C@@H]1OC(C)=O. The smallest absolute Gasteiger partial charge is 0.303 e. The Balaban J connectivity index is 2.20. The maximum absolute atomic E-state index is 11.7. The van der Waals surface area contributed by atoms with Gasteiger partial charge in [-0.2, -0.15) is 0 Å². The minimum Gasteiger partial charge on any atom is -0.463 e. The minimum atomic E-state index is -1.04. The van der Waals surface area contributed by atoms with Crippen LogP contribution in [0.2, 0.25) is 0 Å². The fourth-order valence-corrected chi connectivity index (χ4v) is 3.83. The van der Waals surface area contributed by atoms with Crippen LogP contribution in [0, 0.1) is 11.8 Å². The first-order chi connectivity index (χ1) is 15.5. The third-order valence-corrected chi connectivity index (χ3v) is 5.50. The number of nitrogens with zero attached hydrogens (tertiary/aromatic N) is 3. The van der Waals surface area contributed by atoms with E-state index >= 15 is 0 Å². The van der Waals surface area contributed by atoms with Gasteiger partial charge in [0.05, 0.1) is 31.5 Å². The second-order valence-corrected chi connectivity index (χ2v) is 8.22. The Bertz CT molecular complexity index is 758. The van der Waals surface area contributed by atoms with E-state index in [0.29, 0.717) is 0 Å². The van der Waals surface area contributed by atoms with E-state index in [-0.39, 0.29) is 25.7 Å². The molecule has 0 spiro atoms. The van der Waals surface area contributed by atoms with Crippen molar-refractivity contribution in [2.45, 2.75) is 77.5 Å². The maximum Gasteiger partial charge on any atom is 0.303 e. The Labute approximate surface area is 191 Å². The molecule has 13 heteroatoms. The molecule has 33 heavy (non-hydrogen) atoms. The highest BCUT2D eigenvalue weighted by atomic mass is 16.7. The number of ether oxygens (including phenoxy) is 6. The third-order valence-electron chi connectivity index (χ3n) is 5.50. The zero-order valence-electron chi connectivity index (χ0n) is 19.3. The lowest BCUT2D eigenvalue weighted by atomic mass is 9.91. The number of carbonyl (C=O) groups is 3. The van der Waals surface area contributed by atoms with Crippen molar-refractivity contribution in [1.82, 2.24) is 0 Å². The van der Waals surface area contributed by atoms with Crippen molar-refractivity contribution in [3.8, 4) is 0 Å². The first-order valence-electron chi connectivity index (χ1n) is 10.6. The van der Waals surface area contributed by atoms with Crippen LogP contribution in [0.15, 0.2) is 5.11 Å². The quantitative estimate of drug-likeness (QED) is 0.175. The predicted octanol–water partition coefficient (Wildman–Crippen LogP) is 0.865. The van der Waals surface area contributed by atoms with Gasteiger partial charge in [-0.3, -0.25) is 14.4 Å². The van der Waals surface area contributed by atoms with E-state index in [9.17, 15) is 19.5 Å². The van der Waals surface area contributed by atoms with Crippen LogP contribution in [-0.4, -0.2) is 85.7 Å². The molecule has 2 rings (SSSR count). The third kappa shape index (κ3) is 7.27. The summed E-state index contributed by atoms with van der Waals surface area (Å²) in [6.07, 6.45) is -5.59. The average Bonchev–Trinajstić information content (AvgIpc) is 2.73. The molecule has 0 radical (unpaired) electrons. The number of aliphatic hydroxyl groups excluding tert-OH is 1. The topological polar surface area (TPSA) is 176 Å². The molecule has 186 valence electrons. The maximum atomic E-state index is 11.7. The van der Waals surface area contributed by atoms with Crippen molar-refractivity contribution in [3.63, 3.8) is 0 Å². The molecular weight excluding hydrogens is 442 g/mol. The summed E-state index contributed by atoms with van der Waals surface area (Å²) in [5.41, 5.74) is 8.85. The molecule has 0 bridgehead atoms. The summed E-state index contributed by atoms with van der Waals surface area (Å²) >= 11 is 0. The fourth-order valence-electron chi connectivity index (χ4n) is 3.83. The summed E-state index contributed by atoms with van der Waals surface area (Å²) < 4.78 is 33.3. The zero-order chi connectivity index (χ0) is 24.7. The van der Waals surface area contributed by atoms with E-state index in [2.05, 4.69) is 10.0 Å². The van der Waals surface area contributed by atoms with E-state index in [1.165, 1.54) is 20.8 Å². The summed E-state index contributed by atoms with van der Waals surface area (Å²) in [4.78, 5) is 37.5. The molecule has 1 N–H and O–H groups in total. The largest absolute Gasteiger partial charge is 0.463 e. The highest BCUT2D eigenvalue weighted by molar-refractivity contribution is 5.67. The lowest BCUT2D eigenvalue weighted by Crippen LogP contribution is -2.59. The van der Waals surface area contributed by atoms with Gasteiger partial charge in [-0.15, -0.1) is 0 Å². The van der Waals surface area contributed by atoms with Crippen molar-refractivity contribution in [2.75, 3.05) is 19.8 Å². The van der Waals surface area contributed by atoms with Crippen molar-refractivity contribution >= 4 is 17.9 Å². The van der Waals surface area contributed by atoms with Gasteiger partial charge < -0.3 is 33.5 Å². The van der Waals surface area contributed by atoms with Crippen LogP contribution in [0.25, 0.3) is 10.4 Å². The Hall–Kier alpha value is -2.44.